The lowest BCUT2D eigenvalue weighted by Crippen LogP contribution is -2.29. The summed E-state index contributed by atoms with van der Waals surface area (Å²) in [6.07, 6.45) is 0. The van der Waals surface area contributed by atoms with Gasteiger partial charge in [0.2, 0.25) is 5.91 Å². The normalized spacial score (nSPS) is 13.2. The van der Waals surface area contributed by atoms with Gasteiger partial charge in [0.1, 0.15) is 0 Å². The summed E-state index contributed by atoms with van der Waals surface area (Å²) in [6, 6.07) is 4.27. The van der Waals surface area contributed by atoms with E-state index < -0.39 is 11.8 Å². The van der Waals surface area contributed by atoms with Crippen molar-refractivity contribution in [3.8, 4) is 0 Å². The van der Waals surface area contributed by atoms with Crippen molar-refractivity contribution in [3.05, 3.63) is 54.4 Å². The van der Waals surface area contributed by atoms with Gasteiger partial charge in [0, 0.05) is 6.92 Å². The van der Waals surface area contributed by atoms with Crippen molar-refractivity contribution in [1.29, 1.82) is 0 Å². The van der Waals surface area contributed by atoms with Crippen LogP contribution in [0.15, 0.2) is 18.2 Å². The Bertz CT molecular complexity index is 959. The highest BCUT2D eigenvalue weighted by molar-refractivity contribution is 6.56. The number of nitrogens with one attached hydrogen (secondary N) is 1. The summed E-state index contributed by atoms with van der Waals surface area (Å²) in [6.45, 7) is 1.30. The Morgan fingerprint density at radius 2 is 1.38 bits per heavy atom. The molecule has 0 saturated heterocycles. The van der Waals surface area contributed by atoms with E-state index in [0.717, 1.165) is 4.90 Å². The first-order valence-electron chi connectivity index (χ1n) is 6.97. The molecule has 5 nitrogen and oxygen atoms in total. The van der Waals surface area contributed by atoms with Gasteiger partial charge in [-0.2, -0.15) is 0 Å². The molecule has 1 aliphatic rings. The minimum atomic E-state index is -0.716. The Morgan fingerprint density at radius 3 is 1.85 bits per heavy atom. The maximum atomic E-state index is 12.8. The molecule has 1 aliphatic heterocycles. The fourth-order valence-electron chi connectivity index (χ4n) is 2.52. The molecule has 0 radical (unpaired) electrons. The van der Waals surface area contributed by atoms with Crippen LogP contribution in [0.3, 0.4) is 0 Å². The second-order valence-corrected chi connectivity index (χ2v) is 7.22. The van der Waals surface area contributed by atoms with Gasteiger partial charge < -0.3 is 5.32 Å². The molecular formula is C16H7Cl5N2O3. The molecule has 2 aromatic carbocycles. The highest BCUT2D eigenvalue weighted by atomic mass is 35.5. The van der Waals surface area contributed by atoms with Crippen LogP contribution in [0.25, 0.3) is 0 Å². The number of amides is 3. The Labute approximate surface area is 172 Å². The lowest BCUT2D eigenvalue weighted by molar-refractivity contribution is -0.114. The standard InChI is InChI=1S/C16H7Cl5N2O3/c1-5(24)22-8-4-6(2-3-7(8)17)23-15(25)9-10(16(23)26)12(19)14(21)13(20)11(9)18/h2-4H,1H3,(H,22,24). The van der Waals surface area contributed by atoms with E-state index in [4.69, 9.17) is 58.0 Å². The third-order valence-electron chi connectivity index (χ3n) is 3.62. The van der Waals surface area contributed by atoms with Crippen LogP contribution in [-0.2, 0) is 4.79 Å². The van der Waals surface area contributed by atoms with Gasteiger partial charge in [-0.15, -0.1) is 0 Å². The molecule has 1 N–H and O–H groups in total. The van der Waals surface area contributed by atoms with Crippen molar-refractivity contribution >= 4 is 87.1 Å². The van der Waals surface area contributed by atoms with Crippen LogP contribution in [0, 0.1) is 0 Å². The van der Waals surface area contributed by atoms with Gasteiger partial charge in [0.15, 0.2) is 0 Å². The molecule has 0 bridgehead atoms. The van der Waals surface area contributed by atoms with E-state index in [1.165, 1.54) is 25.1 Å². The molecule has 1 heterocycles. The van der Waals surface area contributed by atoms with Crippen LogP contribution >= 0.6 is 58.0 Å². The summed E-state index contributed by atoms with van der Waals surface area (Å²) in [5.41, 5.74) is 0.143. The number of carbonyl (C=O) groups is 3. The fourth-order valence-corrected chi connectivity index (χ4v) is 3.70. The van der Waals surface area contributed by atoms with Gasteiger partial charge in [-0.25, -0.2) is 4.90 Å². The topological polar surface area (TPSA) is 66.5 Å². The lowest BCUT2D eigenvalue weighted by Gasteiger charge is -2.16. The molecule has 134 valence electrons. The monoisotopic (exact) mass is 450 g/mol. The van der Waals surface area contributed by atoms with E-state index in [-0.39, 0.29) is 53.5 Å². The van der Waals surface area contributed by atoms with Gasteiger partial charge in [0.05, 0.1) is 47.6 Å². The molecular weight excluding hydrogens is 445 g/mol. The summed E-state index contributed by atoms with van der Waals surface area (Å²) >= 11 is 30.2. The first-order valence-corrected chi connectivity index (χ1v) is 8.86. The molecule has 26 heavy (non-hydrogen) atoms. The zero-order valence-electron chi connectivity index (χ0n) is 12.8. The highest BCUT2D eigenvalue weighted by Crippen LogP contribution is 2.46. The zero-order valence-corrected chi connectivity index (χ0v) is 16.6. The summed E-state index contributed by atoms with van der Waals surface area (Å²) in [5, 5.41) is 2.20. The van der Waals surface area contributed by atoms with Crippen molar-refractivity contribution < 1.29 is 14.4 Å². The number of hydrogen-bond donors (Lipinski definition) is 1. The minimum Gasteiger partial charge on any atom is -0.325 e. The smallest absolute Gasteiger partial charge is 0.267 e. The Morgan fingerprint density at radius 1 is 0.885 bits per heavy atom. The van der Waals surface area contributed by atoms with E-state index in [2.05, 4.69) is 5.32 Å². The molecule has 2 aromatic rings. The van der Waals surface area contributed by atoms with Crippen LogP contribution in [0.4, 0.5) is 11.4 Å². The average Bonchev–Trinajstić information content (AvgIpc) is 2.84. The molecule has 0 atom stereocenters. The number of fused-ring (bicyclic) bond motifs is 1. The third-order valence-corrected chi connectivity index (χ3v) is 5.75. The number of imide groups is 1. The number of benzene rings is 2. The third kappa shape index (κ3) is 2.94. The highest BCUT2D eigenvalue weighted by Gasteiger charge is 2.42. The van der Waals surface area contributed by atoms with Crippen molar-refractivity contribution in [1.82, 2.24) is 0 Å². The summed E-state index contributed by atoms with van der Waals surface area (Å²) in [4.78, 5) is 37.8. The van der Waals surface area contributed by atoms with Crippen LogP contribution in [0.5, 0.6) is 0 Å². The molecule has 0 unspecified atom stereocenters. The van der Waals surface area contributed by atoms with Gasteiger partial charge in [-0.3, -0.25) is 14.4 Å². The molecule has 0 aliphatic carbocycles. The van der Waals surface area contributed by atoms with Crippen molar-refractivity contribution in [2.45, 2.75) is 6.92 Å². The molecule has 0 aromatic heterocycles. The number of halogens is 5. The predicted molar refractivity (Wildman–Crippen MR) is 103 cm³/mol. The summed E-state index contributed by atoms with van der Waals surface area (Å²) in [7, 11) is 0. The molecule has 0 saturated carbocycles. The lowest BCUT2D eigenvalue weighted by atomic mass is 10.1. The summed E-state index contributed by atoms with van der Waals surface area (Å²) < 4.78 is 0. The first-order chi connectivity index (χ1) is 12.1. The van der Waals surface area contributed by atoms with Crippen LogP contribution < -0.4 is 10.2 Å². The molecule has 3 amide bonds. The Hall–Kier alpha value is -1.50. The van der Waals surface area contributed by atoms with Crippen LogP contribution in [0.1, 0.15) is 27.6 Å². The number of carbonyl (C=O) groups excluding carboxylic acids is 3. The number of nitrogens with zero attached hydrogens (tertiary/aromatic N) is 1. The van der Waals surface area contributed by atoms with Gasteiger partial charge in [0.25, 0.3) is 11.8 Å². The molecule has 0 fully saturated rings. The minimum absolute atomic E-state index is 0.116. The van der Waals surface area contributed by atoms with Crippen molar-refractivity contribution in [2.24, 2.45) is 0 Å². The van der Waals surface area contributed by atoms with Gasteiger partial charge in [-0.1, -0.05) is 58.0 Å². The zero-order chi connectivity index (χ0) is 19.3. The fraction of sp³-hybridized carbons (Fsp3) is 0.0625. The SMILES string of the molecule is CC(=O)Nc1cc(N2C(=O)c3c(Cl)c(Cl)c(Cl)c(Cl)c3C2=O)ccc1Cl. The van der Waals surface area contributed by atoms with E-state index in [9.17, 15) is 14.4 Å². The molecule has 0 spiro atoms. The average molecular weight is 453 g/mol. The van der Waals surface area contributed by atoms with Crippen molar-refractivity contribution in [2.75, 3.05) is 10.2 Å². The summed E-state index contributed by atoms with van der Waals surface area (Å²) in [5.74, 6) is -1.80. The number of anilines is 2. The van der Waals surface area contributed by atoms with Gasteiger partial charge in [-0.05, 0) is 18.2 Å². The largest absolute Gasteiger partial charge is 0.325 e. The van der Waals surface area contributed by atoms with E-state index in [1.807, 2.05) is 0 Å². The van der Waals surface area contributed by atoms with E-state index in [0.29, 0.717) is 0 Å². The van der Waals surface area contributed by atoms with Gasteiger partial charge >= 0.3 is 0 Å². The second kappa shape index (κ2) is 6.91. The van der Waals surface area contributed by atoms with Crippen LogP contribution in [-0.4, -0.2) is 17.7 Å². The van der Waals surface area contributed by atoms with E-state index in [1.54, 1.807) is 0 Å². The Kier molecular flexibility index (Phi) is 5.12. The number of hydrogen-bond acceptors (Lipinski definition) is 3. The van der Waals surface area contributed by atoms with Crippen molar-refractivity contribution in [3.63, 3.8) is 0 Å². The Balaban J connectivity index is 2.16. The van der Waals surface area contributed by atoms with E-state index >= 15 is 0 Å². The predicted octanol–water partition coefficient (Wildman–Crippen LogP) is 5.71. The maximum absolute atomic E-state index is 12.8. The number of rotatable bonds is 2. The first kappa shape index (κ1) is 19.3. The molecule has 10 heteroatoms. The molecule has 3 rings (SSSR count). The quantitative estimate of drug-likeness (QED) is 0.360. The maximum Gasteiger partial charge on any atom is 0.267 e. The van der Waals surface area contributed by atoms with Crippen LogP contribution in [0.2, 0.25) is 25.1 Å². The second-order valence-electron chi connectivity index (χ2n) is 5.30.